The van der Waals surface area contributed by atoms with Gasteiger partial charge in [0.15, 0.2) is 0 Å². The monoisotopic (exact) mass is 171 g/mol. The summed E-state index contributed by atoms with van der Waals surface area (Å²) >= 11 is 0. The lowest BCUT2D eigenvalue weighted by atomic mass is 10.2. The third-order valence-electron chi connectivity index (χ3n) is 2.88. The Morgan fingerprint density at radius 3 is 2.75 bits per heavy atom. The maximum absolute atomic E-state index is 9.59. The van der Waals surface area contributed by atoms with Crippen molar-refractivity contribution in [3.63, 3.8) is 0 Å². The third-order valence-corrected chi connectivity index (χ3v) is 2.88. The number of likely N-dealkylation sites (tertiary alicyclic amines) is 1. The Labute approximate surface area is 72.7 Å². The summed E-state index contributed by atoms with van der Waals surface area (Å²) in [5, 5.41) is 12.8. The molecule has 0 bridgehead atoms. The molecular formula is C8H17N3O. The number of nitrogens with one attached hydrogen (secondary N) is 1. The fourth-order valence-corrected chi connectivity index (χ4v) is 2.14. The second kappa shape index (κ2) is 3.30. The van der Waals surface area contributed by atoms with E-state index in [9.17, 15) is 5.11 Å². The molecule has 4 nitrogen and oxygen atoms in total. The second-order valence-corrected chi connectivity index (χ2v) is 3.84. The predicted octanol–water partition coefficient (Wildman–Crippen LogP) is -1.65. The van der Waals surface area contributed by atoms with Crippen LogP contribution in [0.15, 0.2) is 0 Å². The van der Waals surface area contributed by atoms with E-state index >= 15 is 0 Å². The first-order chi connectivity index (χ1) is 5.77. The molecule has 0 aliphatic carbocycles. The zero-order valence-corrected chi connectivity index (χ0v) is 7.24. The first-order valence-electron chi connectivity index (χ1n) is 4.66. The molecule has 4 N–H and O–H groups in total. The Morgan fingerprint density at radius 2 is 2.25 bits per heavy atom. The molecule has 3 atom stereocenters. The molecule has 0 amide bonds. The molecule has 0 aromatic heterocycles. The molecule has 2 rings (SSSR count). The van der Waals surface area contributed by atoms with Gasteiger partial charge in [-0.25, -0.2) is 0 Å². The van der Waals surface area contributed by atoms with E-state index in [1.807, 2.05) is 0 Å². The van der Waals surface area contributed by atoms with Gasteiger partial charge >= 0.3 is 0 Å². The smallest absolute Gasteiger partial charge is 0.0831 e. The Balaban J connectivity index is 1.91. The Morgan fingerprint density at radius 1 is 1.42 bits per heavy atom. The SMILES string of the molecule is N[C@@H]1CCN([C@@H]2CNC[C@H]2O)C1. The van der Waals surface area contributed by atoms with Gasteiger partial charge in [-0.05, 0) is 6.42 Å². The predicted molar refractivity (Wildman–Crippen MR) is 46.8 cm³/mol. The van der Waals surface area contributed by atoms with Gasteiger partial charge in [0, 0.05) is 38.3 Å². The molecule has 2 aliphatic rings. The number of aliphatic hydroxyl groups is 1. The summed E-state index contributed by atoms with van der Waals surface area (Å²) in [6.07, 6.45) is 0.874. The summed E-state index contributed by atoms with van der Waals surface area (Å²) in [5.41, 5.74) is 5.79. The van der Waals surface area contributed by atoms with E-state index in [0.29, 0.717) is 12.1 Å². The van der Waals surface area contributed by atoms with Gasteiger partial charge in [-0.3, -0.25) is 4.90 Å². The summed E-state index contributed by atoms with van der Waals surface area (Å²) in [6, 6.07) is 0.622. The van der Waals surface area contributed by atoms with Crippen LogP contribution in [0.1, 0.15) is 6.42 Å². The average molecular weight is 171 g/mol. The van der Waals surface area contributed by atoms with Crippen LogP contribution < -0.4 is 11.1 Å². The second-order valence-electron chi connectivity index (χ2n) is 3.84. The summed E-state index contributed by atoms with van der Waals surface area (Å²) in [5.74, 6) is 0. The summed E-state index contributed by atoms with van der Waals surface area (Å²) < 4.78 is 0. The number of aliphatic hydroxyl groups excluding tert-OH is 1. The molecule has 70 valence electrons. The summed E-state index contributed by atoms with van der Waals surface area (Å²) in [6.45, 7) is 3.64. The molecule has 0 aromatic carbocycles. The molecule has 12 heavy (non-hydrogen) atoms. The Kier molecular flexibility index (Phi) is 2.32. The van der Waals surface area contributed by atoms with Crippen LogP contribution in [-0.2, 0) is 0 Å². The van der Waals surface area contributed by atoms with Crippen LogP contribution in [0.3, 0.4) is 0 Å². The third kappa shape index (κ3) is 1.47. The van der Waals surface area contributed by atoms with Gasteiger partial charge in [0.05, 0.1) is 6.10 Å². The highest BCUT2D eigenvalue weighted by atomic mass is 16.3. The van der Waals surface area contributed by atoms with Gasteiger partial charge in [-0.15, -0.1) is 0 Å². The average Bonchev–Trinajstić information content (AvgIpc) is 2.58. The largest absolute Gasteiger partial charge is 0.390 e. The molecule has 0 radical (unpaired) electrons. The molecule has 2 saturated heterocycles. The molecule has 2 heterocycles. The molecule has 0 unspecified atom stereocenters. The lowest BCUT2D eigenvalue weighted by Crippen LogP contribution is -2.42. The molecular weight excluding hydrogens is 154 g/mol. The Hall–Kier alpha value is -0.160. The fourth-order valence-electron chi connectivity index (χ4n) is 2.14. The van der Waals surface area contributed by atoms with Gasteiger partial charge < -0.3 is 16.2 Å². The Bertz CT molecular complexity index is 164. The highest BCUT2D eigenvalue weighted by Gasteiger charge is 2.33. The molecule has 0 spiro atoms. The molecule has 4 heteroatoms. The van der Waals surface area contributed by atoms with Crippen LogP contribution in [0, 0.1) is 0 Å². The zero-order valence-electron chi connectivity index (χ0n) is 7.24. The number of nitrogens with two attached hydrogens (primary N) is 1. The highest BCUT2D eigenvalue weighted by molar-refractivity contribution is 4.92. The van der Waals surface area contributed by atoms with E-state index < -0.39 is 0 Å². The van der Waals surface area contributed by atoms with E-state index in [1.54, 1.807) is 0 Å². The minimum Gasteiger partial charge on any atom is -0.390 e. The van der Waals surface area contributed by atoms with E-state index in [1.165, 1.54) is 0 Å². The highest BCUT2D eigenvalue weighted by Crippen LogP contribution is 2.15. The van der Waals surface area contributed by atoms with Crippen molar-refractivity contribution in [3.05, 3.63) is 0 Å². The molecule has 0 aromatic rings. The van der Waals surface area contributed by atoms with Crippen LogP contribution in [-0.4, -0.2) is 54.4 Å². The molecule has 2 fully saturated rings. The van der Waals surface area contributed by atoms with Gasteiger partial charge in [0.1, 0.15) is 0 Å². The first-order valence-corrected chi connectivity index (χ1v) is 4.66. The van der Waals surface area contributed by atoms with Crippen LogP contribution in [0.2, 0.25) is 0 Å². The standard InChI is InChI=1S/C8H17N3O/c9-6-1-2-11(5-6)7-3-10-4-8(7)12/h6-8,10,12H,1-5,9H2/t6-,7-,8-/m1/s1. The van der Waals surface area contributed by atoms with Crippen molar-refractivity contribution in [2.75, 3.05) is 26.2 Å². The van der Waals surface area contributed by atoms with Crippen molar-refractivity contribution < 1.29 is 5.11 Å². The van der Waals surface area contributed by atoms with Crippen LogP contribution in [0.25, 0.3) is 0 Å². The number of nitrogens with zero attached hydrogens (tertiary/aromatic N) is 1. The lowest BCUT2D eigenvalue weighted by Gasteiger charge is -2.25. The van der Waals surface area contributed by atoms with Crippen molar-refractivity contribution in [2.24, 2.45) is 5.73 Å². The van der Waals surface area contributed by atoms with Crippen LogP contribution in [0.5, 0.6) is 0 Å². The van der Waals surface area contributed by atoms with Crippen molar-refractivity contribution in [1.29, 1.82) is 0 Å². The number of hydrogen-bond donors (Lipinski definition) is 3. The minimum absolute atomic E-state index is 0.199. The van der Waals surface area contributed by atoms with Gasteiger partial charge in [-0.1, -0.05) is 0 Å². The van der Waals surface area contributed by atoms with Crippen molar-refractivity contribution in [2.45, 2.75) is 24.6 Å². The van der Waals surface area contributed by atoms with E-state index in [-0.39, 0.29) is 6.10 Å². The van der Waals surface area contributed by atoms with E-state index in [4.69, 9.17) is 5.73 Å². The number of rotatable bonds is 1. The van der Waals surface area contributed by atoms with Crippen LogP contribution >= 0.6 is 0 Å². The number of hydrogen-bond acceptors (Lipinski definition) is 4. The maximum Gasteiger partial charge on any atom is 0.0831 e. The molecule has 2 aliphatic heterocycles. The first kappa shape index (κ1) is 8.44. The zero-order chi connectivity index (χ0) is 8.55. The van der Waals surface area contributed by atoms with E-state index in [0.717, 1.165) is 32.6 Å². The number of β-amino-alcohol motifs (C(OH)–C–C–N with tert-alkyl or cyclic N) is 1. The lowest BCUT2D eigenvalue weighted by molar-refractivity contribution is 0.0978. The van der Waals surface area contributed by atoms with Gasteiger partial charge in [0.25, 0.3) is 0 Å². The van der Waals surface area contributed by atoms with Crippen molar-refractivity contribution >= 4 is 0 Å². The normalized spacial score (nSPS) is 44.0. The minimum atomic E-state index is -0.199. The van der Waals surface area contributed by atoms with Crippen LogP contribution in [0.4, 0.5) is 0 Å². The topological polar surface area (TPSA) is 61.5 Å². The van der Waals surface area contributed by atoms with Gasteiger partial charge in [-0.2, -0.15) is 0 Å². The molecule has 0 saturated carbocycles. The van der Waals surface area contributed by atoms with E-state index in [2.05, 4.69) is 10.2 Å². The quantitative estimate of drug-likeness (QED) is 0.442. The maximum atomic E-state index is 9.59. The summed E-state index contributed by atoms with van der Waals surface area (Å²) in [7, 11) is 0. The van der Waals surface area contributed by atoms with Crippen molar-refractivity contribution in [1.82, 2.24) is 10.2 Å². The fraction of sp³-hybridized carbons (Fsp3) is 1.00. The van der Waals surface area contributed by atoms with Crippen molar-refractivity contribution in [3.8, 4) is 0 Å². The summed E-state index contributed by atoms with van der Waals surface area (Å²) in [4.78, 5) is 2.30. The van der Waals surface area contributed by atoms with Gasteiger partial charge in [0.2, 0.25) is 0 Å².